The molecule has 26 heavy (non-hydrogen) atoms. The zero-order valence-corrected chi connectivity index (χ0v) is 14.0. The van der Waals surface area contributed by atoms with E-state index >= 15 is 0 Å². The number of nitrogens with zero attached hydrogens (tertiary/aromatic N) is 4. The second-order valence-corrected chi connectivity index (χ2v) is 5.53. The first-order valence-corrected chi connectivity index (χ1v) is 7.57. The lowest BCUT2D eigenvalue weighted by molar-refractivity contribution is -0.129. The van der Waals surface area contributed by atoms with E-state index in [9.17, 15) is 18.7 Å². The number of hydrogen-bond donors (Lipinski definition) is 1. The average Bonchev–Trinajstić information content (AvgIpc) is 3.04. The first-order valence-electron chi connectivity index (χ1n) is 7.19. The molecule has 1 N–H and O–H groups in total. The Balaban J connectivity index is 2.18. The molecule has 0 aliphatic rings. The van der Waals surface area contributed by atoms with Crippen molar-refractivity contribution in [2.75, 3.05) is 7.11 Å². The number of fused-ring (bicyclic) bond motifs is 1. The molecule has 0 aliphatic heterocycles. The molecule has 3 rings (SSSR count). The molecule has 0 fully saturated rings. The van der Waals surface area contributed by atoms with Crippen LogP contribution in [0.15, 0.2) is 41.5 Å². The number of rotatable bonds is 5. The molecular formula is C16H11ClF2N4O3. The first kappa shape index (κ1) is 17.7. The average molecular weight is 381 g/mol. The van der Waals surface area contributed by atoms with Gasteiger partial charge in [0, 0.05) is 22.8 Å². The zero-order valence-electron chi connectivity index (χ0n) is 13.2. The first-order chi connectivity index (χ1) is 12.4. The Morgan fingerprint density at radius 2 is 2.00 bits per heavy atom. The maximum absolute atomic E-state index is 13.1. The van der Waals surface area contributed by atoms with Crippen molar-refractivity contribution in [3.63, 3.8) is 0 Å². The van der Waals surface area contributed by atoms with Crippen LogP contribution >= 0.6 is 11.6 Å². The Bertz CT molecular complexity index is 1000. The number of carbonyl (C=O) groups is 1. The number of pyridine rings is 1. The molecule has 0 aliphatic carbocycles. The van der Waals surface area contributed by atoms with Crippen LogP contribution in [0.2, 0.25) is 5.02 Å². The predicted octanol–water partition coefficient (Wildman–Crippen LogP) is 3.53. The third kappa shape index (κ3) is 3.33. The fourth-order valence-corrected chi connectivity index (χ4v) is 2.43. The maximum atomic E-state index is 13.1. The van der Waals surface area contributed by atoms with Crippen LogP contribution in [0.25, 0.3) is 5.65 Å². The van der Waals surface area contributed by atoms with Gasteiger partial charge >= 0.3 is 5.97 Å². The third-order valence-electron chi connectivity index (χ3n) is 3.46. The number of carboxylic acids is 1. The zero-order chi connectivity index (χ0) is 18.8. The van der Waals surface area contributed by atoms with E-state index < -0.39 is 18.2 Å². The molecule has 7 nitrogen and oxygen atoms in total. The lowest BCUT2D eigenvalue weighted by Gasteiger charge is -2.07. The van der Waals surface area contributed by atoms with Gasteiger partial charge in [0.1, 0.15) is 0 Å². The number of benzene rings is 1. The van der Waals surface area contributed by atoms with Crippen molar-refractivity contribution in [2.45, 2.75) is 6.43 Å². The standard InChI is InChI=1S/C16H11ClF2N4O3/c1-26-11-6-10(7-23-14(11)21-22-15(23)13(18)19)20-12(16(24)25)8-2-4-9(17)5-3-8/h2-7,13H,1H3,(H,24,25). The van der Waals surface area contributed by atoms with Crippen molar-refractivity contribution in [1.82, 2.24) is 14.6 Å². The highest BCUT2D eigenvalue weighted by molar-refractivity contribution is 6.43. The van der Waals surface area contributed by atoms with E-state index in [1.165, 1.54) is 43.6 Å². The number of hydrogen-bond acceptors (Lipinski definition) is 5. The van der Waals surface area contributed by atoms with Crippen molar-refractivity contribution in [3.05, 3.63) is 52.9 Å². The number of carboxylic acid groups (broad SMARTS) is 1. The highest BCUT2D eigenvalue weighted by atomic mass is 35.5. The van der Waals surface area contributed by atoms with E-state index in [0.717, 1.165) is 4.40 Å². The van der Waals surface area contributed by atoms with Crippen LogP contribution in [0.5, 0.6) is 5.75 Å². The second kappa shape index (κ2) is 7.04. The lowest BCUT2D eigenvalue weighted by atomic mass is 10.1. The minimum atomic E-state index is -2.87. The summed E-state index contributed by atoms with van der Waals surface area (Å²) in [5.74, 6) is -1.76. The Morgan fingerprint density at radius 3 is 2.58 bits per heavy atom. The van der Waals surface area contributed by atoms with Gasteiger partial charge in [-0.2, -0.15) is 0 Å². The van der Waals surface area contributed by atoms with E-state index in [1.54, 1.807) is 0 Å². The van der Waals surface area contributed by atoms with E-state index in [1.807, 2.05) is 0 Å². The Morgan fingerprint density at radius 1 is 1.31 bits per heavy atom. The van der Waals surface area contributed by atoms with Gasteiger partial charge in [-0.05, 0) is 12.1 Å². The van der Waals surface area contributed by atoms with Crippen LogP contribution in [-0.4, -0.2) is 38.5 Å². The lowest BCUT2D eigenvalue weighted by Crippen LogP contribution is -2.14. The molecule has 0 spiro atoms. The molecule has 1 aromatic carbocycles. The third-order valence-corrected chi connectivity index (χ3v) is 3.71. The minimum Gasteiger partial charge on any atom is -0.493 e. The maximum Gasteiger partial charge on any atom is 0.355 e. The summed E-state index contributed by atoms with van der Waals surface area (Å²) in [4.78, 5) is 15.7. The molecular weight excluding hydrogens is 370 g/mol. The molecule has 10 heteroatoms. The van der Waals surface area contributed by atoms with Gasteiger partial charge in [-0.25, -0.2) is 18.6 Å². The van der Waals surface area contributed by atoms with E-state index in [4.69, 9.17) is 16.3 Å². The van der Waals surface area contributed by atoms with Crippen LogP contribution in [0.1, 0.15) is 17.8 Å². The van der Waals surface area contributed by atoms with Gasteiger partial charge in [0.25, 0.3) is 6.43 Å². The summed E-state index contributed by atoms with van der Waals surface area (Å²) in [6.45, 7) is 0. The predicted molar refractivity (Wildman–Crippen MR) is 89.8 cm³/mol. The number of aliphatic carboxylic acids is 1. The molecule has 0 amide bonds. The van der Waals surface area contributed by atoms with Crippen molar-refractivity contribution in [3.8, 4) is 5.75 Å². The van der Waals surface area contributed by atoms with E-state index in [0.29, 0.717) is 10.6 Å². The molecule has 3 aromatic rings. The molecule has 0 atom stereocenters. The normalized spacial score (nSPS) is 12.0. The van der Waals surface area contributed by atoms with E-state index in [-0.39, 0.29) is 22.8 Å². The summed E-state index contributed by atoms with van der Waals surface area (Å²) >= 11 is 5.80. The molecule has 0 bridgehead atoms. The van der Waals surface area contributed by atoms with Gasteiger partial charge in [-0.1, -0.05) is 23.7 Å². The summed E-state index contributed by atoms with van der Waals surface area (Å²) in [7, 11) is 1.33. The largest absolute Gasteiger partial charge is 0.493 e. The number of aromatic nitrogens is 3. The van der Waals surface area contributed by atoms with Crippen LogP contribution in [-0.2, 0) is 4.79 Å². The molecule has 2 aromatic heterocycles. The Hall–Kier alpha value is -3.07. The summed E-state index contributed by atoms with van der Waals surface area (Å²) in [5, 5.41) is 17.0. The number of ether oxygens (including phenoxy) is 1. The fourth-order valence-electron chi connectivity index (χ4n) is 2.30. The van der Waals surface area contributed by atoms with Crippen LogP contribution in [0, 0.1) is 0 Å². The summed E-state index contributed by atoms with van der Waals surface area (Å²) < 4.78 is 32.3. The molecule has 0 radical (unpaired) electrons. The van der Waals surface area contributed by atoms with Gasteiger partial charge in [0.05, 0.1) is 12.8 Å². The highest BCUT2D eigenvalue weighted by Gasteiger charge is 2.20. The van der Waals surface area contributed by atoms with Gasteiger partial charge in [-0.15, -0.1) is 10.2 Å². The number of methoxy groups -OCH3 is 1. The van der Waals surface area contributed by atoms with Crippen LogP contribution in [0.4, 0.5) is 14.5 Å². The fraction of sp³-hybridized carbons (Fsp3) is 0.125. The van der Waals surface area contributed by atoms with Crippen molar-refractivity contribution < 1.29 is 23.4 Å². The monoisotopic (exact) mass is 380 g/mol. The molecule has 0 saturated carbocycles. The van der Waals surface area contributed by atoms with Gasteiger partial charge in [0.15, 0.2) is 11.5 Å². The topological polar surface area (TPSA) is 89.1 Å². The quantitative estimate of drug-likeness (QED) is 0.684. The second-order valence-electron chi connectivity index (χ2n) is 5.09. The Labute approximate surface area is 150 Å². The number of halogens is 3. The van der Waals surface area contributed by atoms with Crippen LogP contribution in [0.3, 0.4) is 0 Å². The highest BCUT2D eigenvalue weighted by Crippen LogP contribution is 2.28. The van der Waals surface area contributed by atoms with Crippen molar-refractivity contribution >= 4 is 34.6 Å². The van der Waals surface area contributed by atoms with Crippen LogP contribution < -0.4 is 4.74 Å². The minimum absolute atomic E-state index is 0.0742. The molecule has 2 heterocycles. The van der Waals surface area contributed by atoms with E-state index in [2.05, 4.69) is 15.2 Å². The Kier molecular flexibility index (Phi) is 4.81. The molecule has 0 saturated heterocycles. The molecule has 0 unspecified atom stereocenters. The molecule has 134 valence electrons. The summed E-state index contributed by atoms with van der Waals surface area (Å²) in [6, 6.07) is 7.42. The number of aliphatic imine (C=N–C) groups is 1. The van der Waals surface area contributed by atoms with Gasteiger partial charge in [0.2, 0.25) is 11.5 Å². The smallest absolute Gasteiger partial charge is 0.355 e. The van der Waals surface area contributed by atoms with Crippen molar-refractivity contribution in [1.29, 1.82) is 0 Å². The number of alkyl halides is 2. The van der Waals surface area contributed by atoms with Gasteiger partial charge < -0.3 is 9.84 Å². The summed E-state index contributed by atoms with van der Waals surface area (Å²) in [5.41, 5.74) is 0.182. The van der Waals surface area contributed by atoms with Crippen molar-refractivity contribution in [2.24, 2.45) is 4.99 Å². The van der Waals surface area contributed by atoms with Gasteiger partial charge in [-0.3, -0.25) is 4.40 Å². The SMILES string of the molecule is COc1cc(N=C(C(=O)O)c2ccc(Cl)cc2)cn2c(C(F)F)nnc12. The summed E-state index contributed by atoms with van der Waals surface area (Å²) in [6.07, 6.45) is -1.65.